The van der Waals surface area contributed by atoms with Crippen LogP contribution in [-0.4, -0.2) is 265 Å². The van der Waals surface area contributed by atoms with E-state index in [-0.39, 0.29) is 76.3 Å². The summed E-state index contributed by atoms with van der Waals surface area (Å²) in [5.41, 5.74) is 27.5. The highest BCUT2D eigenvalue weighted by Gasteiger charge is 2.41. The Kier molecular flexibility index (Phi) is 51.5. The van der Waals surface area contributed by atoms with Gasteiger partial charge in [0.15, 0.2) is 0 Å². The lowest BCUT2D eigenvalue weighted by atomic mass is 9.96. The van der Waals surface area contributed by atoms with Crippen LogP contribution in [-0.2, 0) is 95.9 Å². The van der Waals surface area contributed by atoms with E-state index in [1.165, 1.54) is 20.8 Å². The van der Waals surface area contributed by atoms with E-state index in [0.29, 0.717) is 12.8 Å². The van der Waals surface area contributed by atoms with Crippen LogP contribution in [0.3, 0.4) is 0 Å². The first kappa shape index (κ1) is 109. The standard InChI is InChI=1S/C75H131N19O26/c1-13-39(10)59(93-73(117)60(40(11)95)91-54(99)34-81-62(106)42(78)33-53(80)98)72(116)94-61(41(12)96)74(118)92-58(38(8)9)71(115)86-47(23-27-57(104)105)65(109)84-46(22-26-56(102)103)67(111)89-49(30-35(2)3)68(112)83-43(18-14-16-28-76)63(107)82-44(19-15-17-29-77)64(108)88-51(32-37(6)7)70(114)90-50(31-36(4)5)69(113)85-45(21-25-55(100)101)66(110)87-48(75(119)120)20-24-52(79)97/h35-51,58-61,95-96H,13-34,76-78H2,1-12H3,(H2,79,97)(H2,80,98)(H,81,106)(H,82,107)(H,83,112)(H,84,109)(H,85,113)(H,86,115)(H,87,110)(H,88,108)(H,89,111)(H,90,114)(H,91,99)(H,92,118)(H,93,117)(H,94,116)(H,100,101)(H,102,103)(H,104,105)(H,119,120)/t39-,40+,41+,42-,43-,44-,45-,46-,47-,48-,49-,50-,51-,58-,59-,60-,61-/m0/s1. The number of unbranched alkanes of at least 4 members (excludes halogenated alkanes) is 2. The van der Waals surface area contributed by atoms with E-state index in [1.54, 1.807) is 48.5 Å². The maximum atomic E-state index is 14.7. The van der Waals surface area contributed by atoms with Gasteiger partial charge in [-0.1, -0.05) is 75.7 Å². The van der Waals surface area contributed by atoms with Crippen LogP contribution in [0.2, 0.25) is 0 Å². The molecule has 0 aromatic heterocycles. The van der Waals surface area contributed by atoms with Crippen LogP contribution in [0.25, 0.3) is 0 Å². The van der Waals surface area contributed by atoms with Crippen LogP contribution >= 0.6 is 0 Å². The Bertz CT molecular complexity index is 3470. The zero-order valence-corrected chi connectivity index (χ0v) is 70.4. The van der Waals surface area contributed by atoms with Crippen LogP contribution in [0.5, 0.6) is 0 Å². The number of hydrogen-bond acceptors (Lipinski definition) is 25. The van der Waals surface area contributed by atoms with Crippen molar-refractivity contribution in [2.45, 2.75) is 302 Å². The minimum absolute atomic E-state index is 0.0731. The minimum Gasteiger partial charge on any atom is -0.481 e. The molecule has 0 aliphatic rings. The normalized spacial score (nSPS) is 15.5. The lowest BCUT2D eigenvalue weighted by Gasteiger charge is -2.31. The molecule has 0 rings (SSSR count). The monoisotopic (exact) mass is 1710 g/mol. The molecule has 16 amide bonds. The molecule has 17 atom stereocenters. The van der Waals surface area contributed by atoms with Crippen LogP contribution < -0.4 is 103 Å². The van der Waals surface area contributed by atoms with E-state index in [1.807, 2.05) is 0 Å². The predicted molar refractivity (Wildman–Crippen MR) is 428 cm³/mol. The van der Waals surface area contributed by atoms with Gasteiger partial charge in [0.2, 0.25) is 94.5 Å². The van der Waals surface area contributed by atoms with E-state index in [2.05, 4.69) is 74.4 Å². The number of carbonyl (C=O) groups excluding carboxylic acids is 16. The van der Waals surface area contributed by atoms with Gasteiger partial charge in [0.1, 0.15) is 78.5 Å². The fraction of sp³-hybridized carbons (Fsp3) is 0.733. The highest BCUT2D eigenvalue weighted by molar-refractivity contribution is 6.01. The maximum absolute atomic E-state index is 14.7. The van der Waals surface area contributed by atoms with E-state index in [4.69, 9.17) is 28.7 Å². The van der Waals surface area contributed by atoms with Gasteiger partial charge in [-0.3, -0.25) is 91.1 Å². The Balaban J connectivity index is 7.29. The number of amides is 16. The van der Waals surface area contributed by atoms with E-state index in [9.17, 15) is 127 Å². The molecule has 0 unspecified atom stereocenters. The van der Waals surface area contributed by atoms with Crippen molar-refractivity contribution in [2.24, 2.45) is 58.3 Å². The van der Waals surface area contributed by atoms with Gasteiger partial charge < -0.3 is 134 Å². The molecule has 0 radical (unpaired) electrons. The number of carbonyl (C=O) groups is 20. The smallest absolute Gasteiger partial charge is 0.326 e. The second kappa shape index (κ2) is 56.6. The first-order valence-electron chi connectivity index (χ1n) is 40.1. The van der Waals surface area contributed by atoms with Crippen molar-refractivity contribution in [1.82, 2.24) is 74.4 Å². The molecule has 0 aromatic rings. The summed E-state index contributed by atoms with van der Waals surface area (Å²) in [6.07, 6.45) is -8.49. The van der Waals surface area contributed by atoms with Gasteiger partial charge in [-0.25, -0.2) is 4.79 Å². The van der Waals surface area contributed by atoms with E-state index >= 15 is 0 Å². The summed E-state index contributed by atoms with van der Waals surface area (Å²) >= 11 is 0. The quantitative estimate of drug-likeness (QED) is 0.0252. The van der Waals surface area contributed by atoms with Crippen LogP contribution in [0, 0.1) is 29.6 Å². The molecule has 0 aliphatic carbocycles. The number of nitrogens with two attached hydrogens (primary N) is 5. The third-order valence-electron chi connectivity index (χ3n) is 18.7. The summed E-state index contributed by atoms with van der Waals surface area (Å²) in [4.78, 5) is 267. The molecule has 30 N–H and O–H groups in total. The summed E-state index contributed by atoms with van der Waals surface area (Å²) in [5, 5.41) is 94.1. The van der Waals surface area contributed by atoms with Crippen LogP contribution in [0.4, 0.5) is 0 Å². The number of primary amides is 2. The number of carboxylic acids is 4. The number of rotatable bonds is 62. The summed E-state index contributed by atoms with van der Waals surface area (Å²) in [7, 11) is 0. The number of aliphatic hydroxyl groups is 2. The predicted octanol–water partition coefficient (Wildman–Crippen LogP) is -6.59. The molecule has 0 heterocycles. The minimum atomic E-state index is -1.92. The molecule has 0 aromatic carbocycles. The van der Waals surface area contributed by atoms with Crippen molar-refractivity contribution in [2.75, 3.05) is 19.6 Å². The highest BCUT2D eigenvalue weighted by Crippen LogP contribution is 2.17. The molecule has 0 saturated heterocycles. The molecule has 120 heavy (non-hydrogen) atoms. The van der Waals surface area contributed by atoms with Crippen molar-refractivity contribution in [3.8, 4) is 0 Å². The zero-order valence-electron chi connectivity index (χ0n) is 70.4. The van der Waals surface area contributed by atoms with Crippen LogP contribution in [0.1, 0.15) is 205 Å². The van der Waals surface area contributed by atoms with Crippen molar-refractivity contribution in [3.05, 3.63) is 0 Å². The Hall–Kier alpha value is -10.8. The first-order chi connectivity index (χ1) is 55.9. The Morgan fingerprint density at radius 1 is 0.317 bits per heavy atom. The Morgan fingerprint density at radius 3 is 0.900 bits per heavy atom. The Labute approximate surface area is 696 Å². The van der Waals surface area contributed by atoms with Gasteiger partial charge in [0.25, 0.3) is 0 Å². The van der Waals surface area contributed by atoms with Crippen molar-refractivity contribution in [1.29, 1.82) is 0 Å². The van der Waals surface area contributed by atoms with Crippen LogP contribution in [0.15, 0.2) is 0 Å². The summed E-state index contributed by atoms with van der Waals surface area (Å²) in [5.74, 6) is -25.4. The van der Waals surface area contributed by atoms with Crippen molar-refractivity contribution >= 4 is 118 Å². The second-order valence-electron chi connectivity index (χ2n) is 31.3. The molecule has 0 fully saturated rings. The fourth-order valence-corrected chi connectivity index (χ4v) is 11.8. The molecular formula is C75H131N19O26. The molecule has 0 spiro atoms. The van der Waals surface area contributed by atoms with Crippen molar-refractivity contribution in [3.63, 3.8) is 0 Å². The summed E-state index contributed by atoms with van der Waals surface area (Å²) < 4.78 is 0. The maximum Gasteiger partial charge on any atom is 0.326 e. The van der Waals surface area contributed by atoms with E-state index in [0.717, 1.165) is 13.8 Å². The zero-order chi connectivity index (χ0) is 92.1. The molecule has 682 valence electrons. The molecule has 45 heteroatoms. The van der Waals surface area contributed by atoms with Crippen molar-refractivity contribution < 1.29 is 127 Å². The summed E-state index contributed by atoms with van der Waals surface area (Å²) in [6, 6.07) is -22.9. The molecule has 0 bridgehead atoms. The van der Waals surface area contributed by atoms with E-state index < -0.39 is 297 Å². The third kappa shape index (κ3) is 43.8. The molecule has 0 saturated carbocycles. The number of carboxylic acid groups (broad SMARTS) is 4. The molecule has 0 aliphatic heterocycles. The van der Waals surface area contributed by atoms with Gasteiger partial charge >= 0.3 is 23.9 Å². The Morgan fingerprint density at radius 2 is 0.600 bits per heavy atom. The summed E-state index contributed by atoms with van der Waals surface area (Å²) in [6.45, 7) is 17.8. The second-order valence-corrected chi connectivity index (χ2v) is 31.3. The van der Waals surface area contributed by atoms with Gasteiger partial charge in [0, 0.05) is 25.7 Å². The lowest BCUT2D eigenvalue weighted by molar-refractivity contribution is -0.143. The topological polar surface area (TPSA) is 761 Å². The number of hydrogen-bond donors (Lipinski definition) is 25. The number of aliphatic carboxylic acids is 4. The molecule has 45 nitrogen and oxygen atoms in total. The third-order valence-corrected chi connectivity index (χ3v) is 18.7. The fourth-order valence-electron chi connectivity index (χ4n) is 11.8. The SMILES string of the molecule is CC[C@H](C)[C@H](NC(=O)[C@@H](NC(=O)CNC(=O)[C@@H](N)CC(N)=O)[C@@H](C)O)C(=O)N[C@H](C(=O)N[C@H](C(=O)N[C@@H](CCC(=O)O)C(=O)N[C@@H](CCC(=O)O)C(=O)N[C@@H](CC(C)C)C(=O)N[C@@H](CCCCN)C(=O)N[C@@H](CCCCN)C(=O)N[C@@H](CC(C)C)C(=O)N[C@@H](CC(C)C)C(=O)N[C@@H](CCC(=O)O)C(=O)N[C@@H](CCC(N)=O)C(=O)O)C(C)C)[C@@H](C)O. The first-order valence-corrected chi connectivity index (χ1v) is 40.1. The number of nitrogens with one attached hydrogen (secondary N) is 14. The average molecular weight is 1710 g/mol. The average Bonchev–Trinajstić information content (AvgIpc) is 0.851. The van der Waals surface area contributed by atoms with Gasteiger partial charge in [-0.15, -0.1) is 0 Å². The van der Waals surface area contributed by atoms with Gasteiger partial charge in [0.05, 0.1) is 31.2 Å². The van der Waals surface area contributed by atoms with Gasteiger partial charge in [-0.05, 0) is 140 Å². The largest absolute Gasteiger partial charge is 0.481 e. The van der Waals surface area contributed by atoms with Gasteiger partial charge in [-0.2, -0.15) is 0 Å². The molecular weight excluding hydrogens is 1580 g/mol. The highest BCUT2D eigenvalue weighted by atomic mass is 16.4. The number of aliphatic hydroxyl groups excluding tert-OH is 2. The lowest BCUT2D eigenvalue weighted by Crippen LogP contribution is -2.63.